The molecule has 1 aliphatic carbocycles. The lowest BCUT2D eigenvalue weighted by molar-refractivity contribution is 0.102. The van der Waals surface area contributed by atoms with Crippen molar-refractivity contribution in [2.45, 2.75) is 51.6 Å². The summed E-state index contributed by atoms with van der Waals surface area (Å²) in [5.74, 6) is 1.05. The van der Waals surface area contributed by atoms with Crippen LogP contribution in [0, 0.1) is 0 Å². The third-order valence-corrected chi connectivity index (χ3v) is 9.81. The molecule has 0 aromatic carbocycles. The van der Waals surface area contributed by atoms with E-state index >= 15 is 0 Å². The van der Waals surface area contributed by atoms with Crippen molar-refractivity contribution in [2.24, 2.45) is 0 Å². The minimum absolute atomic E-state index is 0.0783. The predicted molar refractivity (Wildman–Crippen MR) is 150 cm³/mol. The van der Waals surface area contributed by atoms with Crippen molar-refractivity contribution in [1.29, 1.82) is 0 Å². The molecule has 3 aromatic heterocycles. The molecule has 2 aliphatic rings. The van der Waals surface area contributed by atoms with Gasteiger partial charge in [0.2, 0.25) is 10.0 Å². The molecule has 1 fully saturated rings. The molecule has 38 heavy (non-hydrogen) atoms. The minimum atomic E-state index is -3.18. The first-order chi connectivity index (χ1) is 18.1. The van der Waals surface area contributed by atoms with Gasteiger partial charge in [-0.3, -0.25) is 9.20 Å². The van der Waals surface area contributed by atoms with Crippen LogP contribution in [0.5, 0.6) is 0 Å². The second kappa shape index (κ2) is 10.3. The second-order valence-corrected chi connectivity index (χ2v) is 12.9. The van der Waals surface area contributed by atoms with Crippen LogP contribution < -0.4 is 4.90 Å². The van der Waals surface area contributed by atoms with Gasteiger partial charge in [-0.05, 0) is 48.5 Å². The van der Waals surface area contributed by atoms with Gasteiger partial charge in [-0.2, -0.15) is 0 Å². The number of imidazole rings is 1. The minimum Gasteiger partial charge on any atom is -0.305 e. The fraction of sp³-hybridized carbons (Fsp3) is 0.444. The van der Waals surface area contributed by atoms with Crippen LogP contribution in [-0.4, -0.2) is 65.4 Å². The molecule has 1 unspecified atom stereocenters. The fourth-order valence-electron chi connectivity index (χ4n) is 5.20. The van der Waals surface area contributed by atoms with Gasteiger partial charge in [0.25, 0.3) is 0 Å². The third kappa shape index (κ3) is 5.06. The average molecular weight is 558 g/mol. The van der Waals surface area contributed by atoms with Crippen LogP contribution in [0.25, 0.3) is 11.2 Å². The number of anilines is 2. The first kappa shape index (κ1) is 26.7. The van der Waals surface area contributed by atoms with Crippen LogP contribution in [0.15, 0.2) is 36.6 Å². The number of thiazole rings is 1. The Morgan fingerprint density at radius 3 is 2.58 bits per heavy atom. The van der Waals surface area contributed by atoms with Gasteiger partial charge >= 0.3 is 0 Å². The standard InChI is InChI=1S/C27H32FN5O3S2/c1-5-22-26(31(3)27-30-24(25(37-27)17(2)34)19-6-9-21(28)10-7-19)33-16-20(8-11-23(33)29-22)18-12-14-32(15-13-18)38(4,35)36/h6-9,11,16,18,21H,5,10,12-15H2,1-4H3. The van der Waals surface area contributed by atoms with Crippen molar-refractivity contribution >= 4 is 49.3 Å². The Labute approximate surface area is 226 Å². The molecular formula is C27H32FN5O3S2. The van der Waals surface area contributed by atoms with Crippen molar-refractivity contribution in [3.05, 3.63) is 58.4 Å². The van der Waals surface area contributed by atoms with Gasteiger partial charge in [-0.15, -0.1) is 0 Å². The highest BCUT2D eigenvalue weighted by molar-refractivity contribution is 7.88. The van der Waals surface area contributed by atoms with Crippen molar-refractivity contribution in [1.82, 2.24) is 18.7 Å². The summed E-state index contributed by atoms with van der Waals surface area (Å²) in [6.07, 6.45) is 9.86. The molecule has 202 valence electrons. The van der Waals surface area contributed by atoms with E-state index in [1.807, 2.05) is 18.0 Å². The number of halogens is 1. The SMILES string of the molecule is CCc1nc2ccc(C3CCN(S(C)(=O)=O)CC3)cn2c1N(C)c1nc(C2=CCC(F)C=C2)c(C(C)=O)s1. The Bertz CT molecular complexity index is 1550. The lowest BCUT2D eigenvalue weighted by Crippen LogP contribution is -2.37. The van der Waals surface area contributed by atoms with E-state index in [2.05, 4.69) is 23.6 Å². The molecule has 1 atom stereocenters. The largest absolute Gasteiger partial charge is 0.305 e. The summed E-state index contributed by atoms with van der Waals surface area (Å²) in [7, 11) is -1.25. The summed E-state index contributed by atoms with van der Waals surface area (Å²) in [6, 6.07) is 4.09. The Morgan fingerprint density at radius 2 is 1.97 bits per heavy atom. The lowest BCUT2D eigenvalue weighted by atomic mass is 9.91. The van der Waals surface area contributed by atoms with E-state index in [1.54, 1.807) is 16.5 Å². The molecular weight excluding hydrogens is 525 g/mol. The van der Waals surface area contributed by atoms with Crippen molar-refractivity contribution < 1.29 is 17.6 Å². The molecule has 1 aliphatic heterocycles. The Morgan fingerprint density at radius 1 is 1.24 bits per heavy atom. The van der Waals surface area contributed by atoms with Gasteiger partial charge in [-0.1, -0.05) is 36.5 Å². The molecule has 5 rings (SSSR count). The predicted octanol–water partition coefficient (Wildman–Crippen LogP) is 5.14. The highest BCUT2D eigenvalue weighted by atomic mass is 32.2. The maximum atomic E-state index is 13.7. The van der Waals surface area contributed by atoms with Gasteiger partial charge in [0.05, 0.1) is 22.5 Å². The summed E-state index contributed by atoms with van der Waals surface area (Å²) in [5, 5.41) is 0.658. The van der Waals surface area contributed by atoms with Crippen molar-refractivity contribution in [3.63, 3.8) is 0 Å². The van der Waals surface area contributed by atoms with Crippen molar-refractivity contribution in [2.75, 3.05) is 31.3 Å². The second-order valence-electron chi connectivity index (χ2n) is 9.92. The molecule has 8 nitrogen and oxygen atoms in total. The number of fused-ring (bicyclic) bond motifs is 1. The molecule has 11 heteroatoms. The van der Waals surface area contributed by atoms with E-state index in [9.17, 15) is 17.6 Å². The zero-order chi connectivity index (χ0) is 27.2. The number of carbonyl (C=O) groups excluding carboxylic acids is 1. The highest BCUT2D eigenvalue weighted by Gasteiger charge is 2.28. The first-order valence-corrected chi connectivity index (χ1v) is 15.5. The van der Waals surface area contributed by atoms with Gasteiger partial charge in [-0.25, -0.2) is 27.1 Å². The van der Waals surface area contributed by atoms with Crippen LogP contribution >= 0.6 is 11.3 Å². The number of nitrogens with zero attached hydrogens (tertiary/aromatic N) is 5. The van der Waals surface area contributed by atoms with E-state index in [-0.39, 0.29) is 18.1 Å². The molecule has 4 heterocycles. The molecule has 0 saturated carbocycles. The van der Waals surface area contributed by atoms with Crippen LogP contribution in [-0.2, 0) is 16.4 Å². The fourth-order valence-corrected chi connectivity index (χ4v) is 7.02. The topological polar surface area (TPSA) is 87.9 Å². The number of sulfonamides is 1. The summed E-state index contributed by atoms with van der Waals surface area (Å²) in [5.41, 5.74) is 4.21. The summed E-state index contributed by atoms with van der Waals surface area (Å²) >= 11 is 1.32. The maximum Gasteiger partial charge on any atom is 0.211 e. The van der Waals surface area contributed by atoms with Gasteiger partial charge in [0.15, 0.2) is 10.9 Å². The zero-order valence-electron chi connectivity index (χ0n) is 22.0. The van der Waals surface area contributed by atoms with Crippen LogP contribution in [0.3, 0.4) is 0 Å². The molecule has 1 saturated heterocycles. The third-order valence-electron chi connectivity index (χ3n) is 7.28. The number of carbonyl (C=O) groups is 1. The van der Waals surface area contributed by atoms with E-state index in [0.717, 1.165) is 41.1 Å². The van der Waals surface area contributed by atoms with E-state index in [4.69, 9.17) is 9.97 Å². The molecule has 3 aromatic rings. The number of alkyl halides is 1. The van der Waals surface area contributed by atoms with Gasteiger partial charge in [0.1, 0.15) is 17.6 Å². The zero-order valence-corrected chi connectivity index (χ0v) is 23.6. The first-order valence-electron chi connectivity index (χ1n) is 12.8. The highest BCUT2D eigenvalue weighted by Crippen LogP contribution is 2.38. The van der Waals surface area contributed by atoms with Gasteiger partial charge < -0.3 is 4.90 Å². The molecule has 0 bridgehead atoms. The Balaban J connectivity index is 1.51. The number of pyridine rings is 1. The number of ketones is 1. The van der Waals surface area contributed by atoms with Gasteiger partial charge in [0, 0.05) is 39.7 Å². The van der Waals surface area contributed by atoms with E-state index in [0.29, 0.717) is 35.2 Å². The van der Waals surface area contributed by atoms with Crippen LogP contribution in [0.2, 0.25) is 0 Å². The molecule has 0 spiro atoms. The monoisotopic (exact) mass is 557 g/mol. The number of rotatable bonds is 7. The average Bonchev–Trinajstić information content (AvgIpc) is 3.50. The van der Waals surface area contributed by atoms with Crippen LogP contribution in [0.1, 0.15) is 65.7 Å². The summed E-state index contributed by atoms with van der Waals surface area (Å²) < 4.78 is 41.1. The molecule has 0 radical (unpaired) electrons. The van der Waals surface area contributed by atoms with E-state index < -0.39 is 16.2 Å². The number of hydrogen-bond acceptors (Lipinski definition) is 7. The number of aryl methyl sites for hydroxylation is 1. The number of hydrogen-bond donors (Lipinski definition) is 0. The van der Waals surface area contributed by atoms with Crippen molar-refractivity contribution in [3.8, 4) is 0 Å². The number of aromatic nitrogens is 3. The quantitative estimate of drug-likeness (QED) is 0.374. The number of allylic oxidation sites excluding steroid dienone is 4. The van der Waals surface area contributed by atoms with E-state index in [1.165, 1.54) is 30.6 Å². The maximum absolute atomic E-state index is 13.7. The Hall–Kier alpha value is -2.89. The molecule has 0 N–H and O–H groups in total. The summed E-state index contributed by atoms with van der Waals surface area (Å²) in [4.78, 5) is 24.7. The number of Topliss-reactive ketones (excluding diaryl/α,β-unsaturated/α-hetero) is 1. The van der Waals surface area contributed by atoms with Crippen LogP contribution in [0.4, 0.5) is 15.3 Å². The summed E-state index contributed by atoms with van der Waals surface area (Å²) in [6.45, 7) is 4.61. The smallest absolute Gasteiger partial charge is 0.211 e. The number of piperidine rings is 1. The normalized spacial score (nSPS) is 19.2. The lowest BCUT2D eigenvalue weighted by Gasteiger charge is -2.30. The molecule has 0 amide bonds. The Kier molecular flexibility index (Phi) is 7.27.